The topological polar surface area (TPSA) is 21.7 Å². The first-order valence-corrected chi connectivity index (χ1v) is 4.93. The quantitative estimate of drug-likeness (QED) is 0.669. The third kappa shape index (κ3) is 1.25. The monoisotopic (exact) mass is 191 g/mol. The molecule has 0 saturated carbocycles. The molecule has 3 heteroatoms. The van der Waals surface area contributed by atoms with Crippen molar-refractivity contribution in [2.24, 2.45) is 0 Å². The molecule has 2 saturated heterocycles. The minimum atomic E-state index is 0.193. The van der Waals surface area contributed by atoms with E-state index in [0.29, 0.717) is 19.5 Å². The van der Waals surface area contributed by atoms with Gasteiger partial charge in [0.05, 0.1) is 12.6 Å². The third-order valence-corrected chi connectivity index (χ3v) is 2.91. The summed E-state index contributed by atoms with van der Waals surface area (Å²) in [6.07, 6.45) is 0.193. The van der Waals surface area contributed by atoms with E-state index in [4.69, 9.17) is 9.47 Å². The Labute approximate surface area is 83.2 Å². The normalized spacial score (nSPS) is 32.0. The predicted molar refractivity (Wildman–Crippen MR) is 51.6 cm³/mol. The molecule has 74 valence electrons. The van der Waals surface area contributed by atoms with Crippen LogP contribution in [0.25, 0.3) is 0 Å². The first kappa shape index (κ1) is 8.41. The average molecular weight is 191 g/mol. The maximum atomic E-state index is 5.75. The average Bonchev–Trinajstić information content (AvgIpc) is 2.79. The molecule has 1 aromatic carbocycles. The Bertz CT molecular complexity index is 314. The maximum absolute atomic E-state index is 5.75. The highest BCUT2D eigenvalue weighted by atomic mass is 16.6. The van der Waals surface area contributed by atoms with Crippen molar-refractivity contribution in [3.8, 4) is 0 Å². The van der Waals surface area contributed by atoms with Gasteiger partial charge in [-0.05, 0) is 5.56 Å². The van der Waals surface area contributed by atoms with Crippen molar-refractivity contribution in [3.05, 3.63) is 35.9 Å². The summed E-state index contributed by atoms with van der Waals surface area (Å²) in [4.78, 5) is 2.23. The Kier molecular flexibility index (Phi) is 2.01. The summed E-state index contributed by atoms with van der Waals surface area (Å²) in [6.45, 7) is 2.21. The van der Waals surface area contributed by atoms with Crippen LogP contribution in [-0.2, 0) is 9.47 Å². The molecular weight excluding hydrogens is 178 g/mol. The van der Waals surface area contributed by atoms with Crippen LogP contribution in [0.15, 0.2) is 30.3 Å². The van der Waals surface area contributed by atoms with Gasteiger partial charge in [-0.15, -0.1) is 0 Å². The first-order valence-electron chi connectivity index (χ1n) is 4.93. The van der Waals surface area contributed by atoms with Crippen LogP contribution in [0, 0.1) is 0 Å². The largest absolute Gasteiger partial charge is 0.364 e. The number of rotatable bonds is 1. The van der Waals surface area contributed by atoms with Gasteiger partial charge in [0.25, 0.3) is 0 Å². The number of benzene rings is 1. The highest BCUT2D eigenvalue weighted by molar-refractivity contribution is 5.20. The van der Waals surface area contributed by atoms with E-state index >= 15 is 0 Å². The molecule has 2 heterocycles. The van der Waals surface area contributed by atoms with Gasteiger partial charge in [0.2, 0.25) is 0 Å². The highest BCUT2D eigenvalue weighted by Gasteiger charge is 2.39. The lowest BCUT2D eigenvalue weighted by molar-refractivity contribution is 0.0370. The second-order valence-electron chi connectivity index (χ2n) is 3.78. The highest BCUT2D eigenvalue weighted by Crippen LogP contribution is 2.33. The van der Waals surface area contributed by atoms with Gasteiger partial charge >= 0.3 is 0 Å². The summed E-state index contributed by atoms with van der Waals surface area (Å²) >= 11 is 0. The van der Waals surface area contributed by atoms with Gasteiger partial charge < -0.3 is 9.47 Å². The van der Waals surface area contributed by atoms with E-state index in [1.165, 1.54) is 5.56 Å². The van der Waals surface area contributed by atoms with E-state index in [2.05, 4.69) is 29.2 Å². The molecular formula is C11H13NO2. The van der Waals surface area contributed by atoms with Gasteiger partial charge in [-0.3, -0.25) is 0 Å². The Morgan fingerprint density at radius 1 is 1.14 bits per heavy atom. The summed E-state index contributed by atoms with van der Waals surface area (Å²) in [5.41, 5.74) is 1.26. The zero-order valence-corrected chi connectivity index (χ0v) is 7.93. The summed E-state index contributed by atoms with van der Waals surface area (Å²) in [6, 6.07) is 10.8. The molecule has 1 aromatic rings. The van der Waals surface area contributed by atoms with E-state index in [9.17, 15) is 0 Å². The molecule has 0 unspecified atom stereocenters. The number of hydrogen-bond donors (Lipinski definition) is 0. The minimum absolute atomic E-state index is 0.193. The fourth-order valence-corrected chi connectivity index (χ4v) is 2.15. The molecule has 14 heavy (non-hydrogen) atoms. The van der Waals surface area contributed by atoms with E-state index in [1.54, 1.807) is 0 Å². The van der Waals surface area contributed by atoms with Gasteiger partial charge in [-0.1, -0.05) is 30.3 Å². The Morgan fingerprint density at radius 2 is 2.00 bits per heavy atom. The standard InChI is InChI=1S/C11H13NO2/c1-2-4-9(5-3-1)11-10-6-13-7-12(10)8-14-11/h1-5,10-11H,6-8H2/t10-,11-/m0/s1. The fourth-order valence-electron chi connectivity index (χ4n) is 2.15. The predicted octanol–water partition coefficient (Wildman–Crippen LogP) is 1.37. The Hall–Kier alpha value is -0.900. The summed E-state index contributed by atoms with van der Waals surface area (Å²) in [5.74, 6) is 0. The Morgan fingerprint density at radius 3 is 2.86 bits per heavy atom. The molecule has 0 aliphatic carbocycles. The van der Waals surface area contributed by atoms with Crippen LogP contribution in [0.2, 0.25) is 0 Å². The molecule has 2 atom stereocenters. The number of fused-ring (bicyclic) bond motifs is 1. The zero-order chi connectivity index (χ0) is 9.38. The van der Waals surface area contributed by atoms with Crippen LogP contribution in [0.1, 0.15) is 11.7 Å². The molecule has 3 nitrogen and oxygen atoms in total. The van der Waals surface area contributed by atoms with Crippen molar-refractivity contribution in [2.75, 3.05) is 20.1 Å². The zero-order valence-electron chi connectivity index (χ0n) is 7.93. The van der Waals surface area contributed by atoms with E-state index in [-0.39, 0.29) is 6.10 Å². The lowest BCUT2D eigenvalue weighted by atomic mass is 10.0. The molecule has 0 amide bonds. The molecule has 0 radical (unpaired) electrons. The second kappa shape index (κ2) is 3.35. The van der Waals surface area contributed by atoms with Crippen LogP contribution in [0.3, 0.4) is 0 Å². The molecule has 0 bridgehead atoms. The molecule has 2 aliphatic rings. The van der Waals surface area contributed by atoms with Gasteiger partial charge in [-0.25, -0.2) is 4.90 Å². The maximum Gasteiger partial charge on any atom is 0.102 e. The van der Waals surface area contributed by atoms with Gasteiger partial charge in [0.1, 0.15) is 19.6 Å². The molecule has 0 aromatic heterocycles. The Balaban J connectivity index is 1.86. The molecule has 2 aliphatic heterocycles. The molecule has 2 fully saturated rings. The lowest BCUT2D eigenvalue weighted by Gasteiger charge is -2.15. The summed E-state index contributed by atoms with van der Waals surface area (Å²) in [7, 11) is 0. The van der Waals surface area contributed by atoms with E-state index in [0.717, 1.165) is 6.61 Å². The second-order valence-corrected chi connectivity index (χ2v) is 3.78. The van der Waals surface area contributed by atoms with Gasteiger partial charge in [0, 0.05) is 0 Å². The van der Waals surface area contributed by atoms with Crippen molar-refractivity contribution in [1.82, 2.24) is 4.90 Å². The van der Waals surface area contributed by atoms with Crippen LogP contribution < -0.4 is 0 Å². The van der Waals surface area contributed by atoms with Crippen LogP contribution >= 0.6 is 0 Å². The first-order chi connectivity index (χ1) is 6.95. The van der Waals surface area contributed by atoms with Crippen molar-refractivity contribution in [1.29, 1.82) is 0 Å². The van der Waals surface area contributed by atoms with Crippen molar-refractivity contribution in [3.63, 3.8) is 0 Å². The molecule has 3 rings (SSSR count). The van der Waals surface area contributed by atoms with E-state index < -0.39 is 0 Å². The van der Waals surface area contributed by atoms with Crippen LogP contribution in [0.4, 0.5) is 0 Å². The SMILES string of the molecule is c1ccc([C@@H]2OCN3COC[C@@H]23)cc1. The van der Waals surface area contributed by atoms with Gasteiger partial charge in [-0.2, -0.15) is 0 Å². The van der Waals surface area contributed by atoms with Gasteiger partial charge in [0.15, 0.2) is 0 Å². The van der Waals surface area contributed by atoms with Crippen molar-refractivity contribution < 1.29 is 9.47 Å². The van der Waals surface area contributed by atoms with Crippen molar-refractivity contribution in [2.45, 2.75) is 12.1 Å². The molecule has 0 spiro atoms. The summed E-state index contributed by atoms with van der Waals surface area (Å²) < 4.78 is 11.2. The minimum Gasteiger partial charge on any atom is -0.364 e. The smallest absolute Gasteiger partial charge is 0.102 e. The number of hydrogen-bond acceptors (Lipinski definition) is 3. The van der Waals surface area contributed by atoms with Crippen LogP contribution in [-0.4, -0.2) is 31.0 Å². The fraction of sp³-hybridized carbons (Fsp3) is 0.455. The number of ether oxygens (including phenoxy) is 2. The van der Waals surface area contributed by atoms with Crippen molar-refractivity contribution >= 4 is 0 Å². The van der Waals surface area contributed by atoms with E-state index in [1.807, 2.05) is 6.07 Å². The lowest BCUT2D eigenvalue weighted by Crippen LogP contribution is -2.27. The summed E-state index contributed by atoms with van der Waals surface area (Å²) in [5, 5.41) is 0. The third-order valence-electron chi connectivity index (χ3n) is 2.91. The molecule has 0 N–H and O–H groups in total. The van der Waals surface area contributed by atoms with Crippen LogP contribution in [0.5, 0.6) is 0 Å². The number of nitrogens with zero attached hydrogens (tertiary/aromatic N) is 1.